The predicted octanol–water partition coefficient (Wildman–Crippen LogP) is 4.21. The summed E-state index contributed by atoms with van der Waals surface area (Å²) in [6.07, 6.45) is -1.83. The number of nitrogens with one attached hydrogen (secondary N) is 2. The van der Waals surface area contributed by atoms with Crippen LogP contribution in [0, 0.1) is 5.82 Å². The fourth-order valence-electron chi connectivity index (χ4n) is 4.62. The fraction of sp³-hybridized carbons (Fsp3) is 0.345. The summed E-state index contributed by atoms with van der Waals surface area (Å²) in [6.45, 7) is 1.83. The number of piperazine rings is 1. The lowest BCUT2D eigenvalue weighted by atomic mass is 10.1. The summed E-state index contributed by atoms with van der Waals surface area (Å²) >= 11 is 6.07. The largest absolute Gasteiger partial charge is 0.465 e. The summed E-state index contributed by atoms with van der Waals surface area (Å²) in [5, 5.41) is 16.6. The van der Waals surface area contributed by atoms with E-state index >= 15 is 0 Å². The van der Waals surface area contributed by atoms with Crippen molar-refractivity contribution in [2.45, 2.75) is 32.4 Å². The first-order valence-electron chi connectivity index (χ1n) is 13.8. The number of halogens is 2. The molecule has 13 nitrogen and oxygen atoms in total. The molecule has 0 saturated carbocycles. The highest BCUT2D eigenvalue weighted by atomic mass is 35.5. The second kappa shape index (κ2) is 15.2. The van der Waals surface area contributed by atoms with Crippen molar-refractivity contribution in [2.24, 2.45) is 0 Å². The SMILES string of the molecule is CC(=O)N(NCc1cccc(F)c1Cl)[C@@H](CCC(=O)N1CCN(C(=O)O)CC1)COC(=O)Nc1cc(-c2ccccc2)on1. The Bertz CT molecular complexity index is 1470. The lowest BCUT2D eigenvalue weighted by Crippen LogP contribution is -2.52. The highest BCUT2D eigenvalue weighted by molar-refractivity contribution is 6.31. The number of rotatable bonds is 11. The zero-order valence-electron chi connectivity index (χ0n) is 23.9. The molecule has 1 fully saturated rings. The highest BCUT2D eigenvalue weighted by Crippen LogP contribution is 2.23. The minimum atomic E-state index is -1.05. The molecule has 4 rings (SSSR count). The zero-order chi connectivity index (χ0) is 31.6. The maximum Gasteiger partial charge on any atom is 0.412 e. The van der Waals surface area contributed by atoms with Crippen LogP contribution in [0.25, 0.3) is 11.3 Å². The van der Waals surface area contributed by atoms with E-state index in [0.717, 1.165) is 5.56 Å². The maximum absolute atomic E-state index is 14.0. The van der Waals surface area contributed by atoms with Crippen molar-refractivity contribution in [3.05, 3.63) is 71.0 Å². The Morgan fingerprint density at radius 1 is 1.09 bits per heavy atom. The standard InChI is InChI=1S/C29H32ClFN6O7/c1-19(38)37(32-17-21-8-5-9-23(31)27(21)30)22(10-11-26(39)35-12-14-36(15-13-35)29(41)42)18-43-28(40)33-25-16-24(44-34-25)20-6-3-2-4-7-20/h2-9,16,22,32H,10-15,17-18H2,1H3,(H,41,42)(H,33,34,40)/t22-/m0/s1. The van der Waals surface area contributed by atoms with Gasteiger partial charge in [0, 0.05) is 57.7 Å². The van der Waals surface area contributed by atoms with Crippen molar-refractivity contribution in [1.29, 1.82) is 0 Å². The molecule has 3 aromatic rings. The van der Waals surface area contributed by atoms with Gasteiger partial charge in [-0.2, -0.15) is 0 Å². The van der Waals surface area contributed by atoms with Crippen LogP contribution in [0.15, 0.2) is 59.1 Å². The van der Waals surface area contributed by atoms with Gasteiger partial charge in [-0.25, -0.2) is 19.4 Å². The van der Waals surface area contributed by atoms with Crippen molar-refractivity contribution in [3.63, 3.8) is 0 Å². The van der Waals surface area contributed by atoms with Gasteiger partial charge < -0.3 is 24.2 Å². The molecule has 0 aliphatic carbocycles. The van der Waals surface area contributed by atoms with E-state index in [1.54, 1.807) is 11.0 Å². The van der Waals surface area contributed by atoms with Crippen molar-refractivity contribution in [1.82, 2.24) is 25.4 Å². The maximum atomic E-state index is 14.0. The number of benzene rings is 2. The normalized spacial score (nSPS) is 13.7. The highest BCUT2D eigenvalue weighted by Gasteiger charge is 2.28. The number of nitrogens with zero attached hydrogens (tertiary/aromatic N) is 4. The minimum absolute atomic E-state index is 0.0153. The number of hydrazine groups is 1. The van der Waals surface area contributed by atoms with Crippen molar-refractivity contribution >= 4 is 41.4 Å². The first-order chi connectivity index (χ1) is 21.1. The number of carboxylic acid groups (broad SMARTS) is 1. The van der Waals surface area contributed by atoms with Crippen LogP contribution in [0.2, 0.25) is 5.02 Å². The molecule has 15 heteroatoms. The van der Waals surface area contributed by atoms with E-state index in [1.165, 1.54) is 35.0 Å². The number of hydrogen-bond donors (Lipinski definition) is 3. The predicted molar refractivity (Wildman–Crippen MR) is 157 cm³/mol. The monoisotopic (exact) mass is 630 g/mol. The van der Waals surface area contributed by atoms with Gasteiger partial charge in [-0.3, -0.25) is 19.9 Å². The van der Waals surface area contributed by atoms with Crippen LogP contribution in [-0.2, 0) is 20.9 Å². The second-order valence-electron chi connectivity index (χ2n) is 9.95. The molecule has 1 aromatic heterocycles. The lowest BCUT2D eigenvalue weighted by Gasteiger charge is -2.34. The van der Waals surface area contributed by atoms with E-state index in [0.29, 0.717) is 11.3 Å². The lowest BCUT2D eigenvalue weighted by molar-refractivity contribution is -0.139. The van der Waals surface area contributed by atoms with Gasteiger partial charge in [-0.05, 0) is 18.1 Å². The fourth-order valence-corrected chi connectivity index (χ4v) is 4.81. The van der Waals surface area contributed by atoms with E-state index in [9.17, 15) is 23.6 Å². The Balaban J connectivity index is 1.41. The molecule has 1 aliphatic rings. The number of ether oxygens (including phenoxy) is 1. The molecular formula is C29H32ClFN6O7. The summed E-state index contributed by atoms with van der Waals surface area (Å²) < 4.78 is 24.7. The van der Waals surface area contributed by atoms with Crippen LogP contribution < -0.4 is 10.7 Å². The van der Waals surface area contributed by atoms with E-state index in [4.69, 9.17) is 26.0 Å². The number of hydrogen-bond acceptors (Lipinski definition) is 8. The quantitative estimate of drug-likeness (QED) is 0.264. The van der Waals surface area contributed by atoms with Crippen LogP contribution in [0.1, 0.15) is 25.3 Å². The Kier molecular flexibility index (Phi) is 11.1. The average Bonchev–Trinajstić information content (AvgIpc) is 3.48. The topological polar surface area (TPSA) is 158 Å². The minimum Gasteiger partial charge on any atom is -0.465 e. The van der Waals surface area contributed by atoms with Crippen LogP contribution in [0.4, 0.5) is 19.8 Å². The number of anilines is 1. The van der Waals surface area contributed by atoms with Crippen LogP contribution in [0.3, 0.4) is 0 Å². The van der Waals surface area contributed by atoms with Crippen molar-refractivity contribution in [3.8, 4) is 11.3 Å². The Hall–Kier alpha value is -4.69. The van der Waals surface area contributed by atoms with Gasteiger partial charge in [-0.15, -0.1) is 0 Å². The van der Waals surface area contributed by atoms with Gasteiger partial charge in [0.15, 0.2) is 11.6 Å². The summed E-state index contributed by atoms with van der Waals surface area (Å²) in [6, 6.07) is 14.2. The van der Waals surface area contributed by atoms with E-state index in [2.05, 4.69) is 15.9 Å². The van der Waals surface area contributed by atoms with Gasteiger partial charge >= 0.3 is 12.2 Å². The number of carbonyl (C=O) groups is 4. The molecule has 234 valence electrons. The van der Waals surface area contributed by atoms with Gasteiger partial charge in [0.2, 0.25) is 11.8 Å². The summed E-state index contributed by atoms with van der Waals surface area (Å²) in [5.74, 6) is -0.753. The van der Waals surface area contributed by atoms with Gasteiger partial charge in [-0.1, -0.05) is 59.2 Å². The molecule has 4 amide bonds. The number of amides is 4. The summed E-state index contributed by atoms with van der Waals surface area (Å²) in [4.78, 5) is 52.3. The molecule has 2 heterocycles. The molecule has 0 radical (unpaired) electrons. The zero-order valence-corrected chi connectivity index (χ0v) is 24.6. The molecule has 3 N–H and O–H groups in total. The average molecular weight is 631 g/mol. The summed E-state index contributed by atoms with van der Waals surface area (Å²) in [7, 11) is 0. The smallest absolute Gasteiger partial charge is 0.412 e. The first-order valence-corrected chi connectivity index (χ1v) is 14.2. The third-order valence-corrected chi connectivity index (χ3v) is 7.40. The molecule has 2 aromatic carbocycles. The van der Waals surface area contributed by atoms with Crippen molar-refractivity contribution in [2.75, 3.05) is 38.1 Å². The number of aromatic nitrogens is 1. The van der Waals surface area contributed by atoms with E-state index < -0.39 is 30.0 Å². The molecule has 44 heavy (non-hydrogen) atoms. The molecule has 1 atom stereocenters. The third-order valence-electron chi connectivity index (χ3n) is 6.98. The Morgan fingerprint density at radius 2 is 1.80 bits per heavy atom. The van der Waals surface area contributed by atoms with Gasteiger partial charge in [0.05, 0.1) is 11.1 Å². The van der Waals surface area contributed by atoms with Crippen LogP contribution in [0.5, 0.6) is 0 Å². The van der Waals surface area contributed by atoms with E-state index in [-0.39, 0.29) is 68.9 Å². The van der Waals surface area contributed by atoms with Gasteiger partial charge in [0.1, 0.15) is 12.4 Å². The van der Waals surface area contributed by atoms with Crippen LogP contribution >= 0.6 is 11.6 Å². The molecular weight excluding hydrogens is 599 g/mol. The second-order valence-corrected chi connectivity index (χ2v) is 10.3. The summed E-state index contributed by atoms with van der Waals surface area (Å²) in [5.41, 5.74) is 4.07. The van der Waals surface area contributed by atoms with Crippen LogP contribution in [-0.4, -0.2) is 87.9 Å². The van der Waals surface area contributed by atoms with Crippen molar-refractivity contribution < 1.29 is 37.9 Å². The molecule has 1 saturated heterocycles. The molecule has 1 aliphatic heterocycles. The molecule has 0 spiro atoms. The molecule has 0 unspecified atom stereocenters. The third kappa shape index (κ3) is 8.67. The Labute approximate surface area is 257 Å². The Morgan fingerprint density at radius 3 is 2.48 bits per heavy atom. The van der Waals surface area contributed by atoms with E-state index in [1.807, 2.05) is 30.3 Å². The molecule has 0 bridgehead atoms. The first kappa shape index (κ1) is 32.2. The number of carbonyl (C=O) groups excluding carboxylic acids is 3. The van der Waals surface area contributed by atoms with Gasteiger partial charge in [0.25, 0.3) is 0 Å².